The Labute approximate surface area is 134 Å². The van der Waals surface area contributed by atoms with Crippen LogP contribution in [0.3, 0.4) is 0 Å². The van der Waals surface area contributed by atoms with Gasteiger partial charge in [0.25, 0.3) is 5.91 Å². The molecular weight excluding hydrogens is 294 g/mol. The summed E-state index contributed by atoms with van der Waals surface area (Å²) in [5, 5.41) is 4.04. The number of amides is 1. The van der Waals surface area contributed by atoms with Crippen LogP contribution >= 0.6 is 0 Å². The molecule has 1 aliphatic carbocycles. The molecule has 1 saturated heterocycles. The van der Waals surface area contributed by atoms with Crippen LogP contribution in [-0.4, -0.2) is 37.5 Å². The third-order valence-electron chi connectivity index (χ3n) is 4.43. The summed E-state index contributed by atoms with van der Waals surface area (Å²) in [6.45, 7) is 2.66. The van der Waals surface area contributed by atoms with E-state index in [0.29, 0.717) is 36.3 Å². The van der Waals surface area contributed by atoms with Crippen molar-refractivity contribution >= 4 is 5.91 Å². The van der Waals surface area contributed by atoms with Gasteiger partial charge in [-0.1, -0.05) is 12.1 Å². The Morgan fingerprint density at radius 1 is 1.30 bits per heavy atom. The van der Waals surface area contributed by atoms with Crippen molar-refractivity contribution in [3.8, 4) is 0 Å². The molecule has 2 fully saturated rings. The molecule has 1 aliphatic heterocycles. The van der Waals surface area contributed by atoms with E-state index >= 15 is 0 Å². The summed E-state index contributed by atoms with van der Waals surface area (Å²) in [7, 11) is 0. The van der Waals surface area contributed by atoms with Gasteiger partial charge in [0.15, 0.2) is 5.82 Å². The number of carbonyl (C=O) groups is 1. The molecule has 7 nitrogen and oxygen atoms in total. The number of likely N-dealkylation sites (tertiary alicyclic amines) is 1. The largest absolute Gasteiger partial charge is 0.339 e. The van der Waals surface area contributed by atoms with E-state index in [4.69, 9.17) is 4.52 Å². The standard InChI is InChI=1S/C16H19N5O2/c1-2-13-19-15(20-23-13)12-4-3-9-21(12)16(22)11-7-8-17-14(18-11)10-5-6-10/h7-8,10,12H,2-6,9H2,1H3/t12-/m0/s1. The minimum atomic E-state index is -0.120. The summed E-state index contributed by atoms with van der Waals surface area (Å²) in [5.74, 6) is 2.36. The van der Waals surface area contributed by atoms with Gasteiger partial charge in [0, 0.05) is 25.1 Å². The average molecular weight is 313 g/mol. The van der Waals surface area contributed by atoms with E-state index < -0.39 is 0 Å². The third-order valence-corrected chi connectivity index (χ3v) is 4.43. The van der Waals surface area contributed by atoms with Gasteiger partial charge in [-0.15, -0.1) is 0 Å². The van der Waals surface area contributed by atoms with Gasteiger partial charge in [0.2, 0.25) is 5.89 Å². The van der Waals surface area contributed by atoms with Crippen LogP contribution in [0.1, 0.15) is 72.6 Å². The Balaban J connectivity index is 1.58. The first-order valence-corrected chi connectivity index (χ1v) is 8.22. The summed E-state index contributed by atoms with van der Waals surface area (Å²) in [5.41, 5.74) is 0.466. The fourth-order valence-corrected chi connectivity index (χ4v) is 3.00. The molecule has 23 heavy (non-hydrogen) atoms. The maximum absolute atomic E-state index is 12.9. The van der Waals surface area contributed by atoms with Crippen molar-refractivity contribution < 1.29 is 9.32 Å². The van der Waals surface area contributed by atoms with Gasteiger partial charge < -0.3 is 9.42 Å². The van der Waals surface area contributed by atoms with Crippen molar-refractivity contribution in [2.24, 2.45) is 0 Å². The lowest BCUT2D eigenvalue weighted by atomic mass is 10.2. The molecule has 2 aromatic rings. The van der Waals surface area contributed by atoms with E-state index in [-0.39, 0.29) is 11.9 Å². The number of rotatable bonds is 4. The van der Waals surface area contributed by atoms with Crippen LogP contribution in [-0.2, 0) is 6.42 Å². The molecule has 1 amide bonds. The van der Waals surface area contributed by atoms with E-state index in [9.17, 15) is 4.79 Å². The van der Waals surface area contributed by atoms with Gasteiger partial charge in [0.05, 0.1) is 6.04 Å². The van der Waals surface area contributed by atoms with Crippen molar-refractivity contribution in [1.82, 2.24) is 25.0 Å². The monoisotopic (exact) mass is 313 g/mol. The van der Waals surface area contributed by atoms with Gasteiger partial charge >= 0.3 is 0 Å². The average Bonchev–Trinajstić information content (AvgIpc) is 3.13. The van der Waals surface area contributed by atoms with Crippen molar-refractivity contribution in [2.45, 2.75) is 51.0 Å². The van der Waals surface area contributed by atoms with E-state index in [1.54, 1.807) is 12.3 Å². The first kappa shape index (κ1) is 14.3. The van der Waals surface area contributed by atoms with Crippen LogP contribution in [0.15, 0.2) is 16.8 Å². The molecule has 0 radical (unpaired) electrons. The molecule has 1 atom stereocenters. The molecule has 0 spiro atoms. The highest BCUT2D eigenvalue weighted by Crippen LogP contribution is 2.38. The summed E-state index contributed by atoms with van der Waals surface area (Å²) < 4.78 is 5.19. The fourth-order valence-electron chi connectivity index (χ4n) is 3.00. The van der Waals surface area contributed by atoms with Crippen LogP contribution in [0.5, 0.6) is 0 Å². The Kier molecular flexibility index (Phi) is 3.55. The Morgan fingerprint density at radius 2 is 2.17 bits per heavy atom. The Hall–Kier alpha value is -2.31. The van der Waals surface area contributed by atoms with Crippen LogP contribution in [0.2, 0.25) is 0 Å². The molecule has 2 aliphatic rings. The third kappa shape index (κ3) is 2.71. The molecule has 0 unspecified atom stereocenters. The number of carbonyl (C=O) groups excluding carboxylic acids is 1. The predicted octanol–water partition coefficient (Wildman–Crippen LogP) is 2.28. The molecule has 120 valence electrons. The lowest BCUT2D eigenvalue weighted by Gasteiger charge is -2.21. The second-order valence-corrected chi connectivity index (χ2v) is 6.13. The van der Waals surface area contributed by atoms with Crippen LogP contribution < -0.4 is 0 Å². The molecule has 0 N–H and O–H groups in total. The molecular formula is C16H19N5O2. The number of nitrogens with zero attached hydrogens (tertiary/aromatic N) is 5. The molecule has 1 saturated carbocycles. The number of hydrogen-bond acceptors (Lipinski definition) is 6. The van der Waals surface area contributed by atoms with Gasteiger partial charge in [0.1, 0.15) is 11.5 Å². The molecule has 3 heterocycles. The van der Waals surface area contributed by atoms with Crippen molar-refractivity contribution in [1.29, 1.82) is 0 Å². The zero-order valence-corrected chi connectivity index (χ0v) is 13.1. The minimum absolute atomic E-state index is 0.0698. The zero-order chi connectivity index (χ0) is 15.8. The molecule has 0 bridgehead atoms. The maximum Gasteiger partial charge on any atom is 0.273 e. The SMILES string of the molecule is CCc1nc([C@@H]2CCCN2C(=O)c2ccnc(C3CC3)n2)no1. The number of hydrogen-bond donors (Lipinski definition) is 0. The molecule has 4 rings (SSSR count). The topological polar surface area (TPSA) is 85.0 Å². The number of aromatic nitrogens is 4. The molecule has 0 aromatic carbocycles. The normalized spacial score (nSPS) is 20.9. The second-order valence-electron chi connectivity index (χ2n) is 6.13. The lowest BCUT2D eigenvalue weighted by Crippen LogP contribution is -2.32. The quantitative estimate of drug-likeness (QED) is 0.861. The molecule has 7 heteroatoms. The van der Waals surface area contributed by atoms with E-state index in [1.165, 1.54) is 0 Å². The highest BCUT2D eigenvalue weighted by atomic mass is 16.5. The predicted molar refractivity (Wildman–Crippen MR) is 80.7 cm³/mol. The van der Waals surface area contributed by atoms with Gasteiger partial charge in [-0.05, 0) is 31.7 Å². The zero-order valence-electron chi connectivity index (χ0n) is 13.1. The highest BCUT2D eigenvalue weighted by molar-refractivity contribution is 5.92. The fraction of sp³-hybridized carbons (Fsp3) is 0.562. The first-order chi connectivity index (χ1) is 11.3. The number of aryl methyl sites for hydroxylation is 1. The second kappa shape index (κ2) is 5.72. The van der Waals surface area contributed by atoms with Gasteiger partial charge in [-0.25, -0.2) is 9.97 Å². The summed E-state index contributed by atoms with van der Waals surface area (Å²) >= 11 is 0. The first-order valence-electron chi connectivity index (χ1n) is 8.22. The molecule has 2 aromatic heterocycles. The van der Waals surface area contributed by atoms with Gasteiger partial charge in [-0.3, -0.25) is 4.79 Å². The van der Waals surface area contributed by atoms with Gasteiger partial charge in [-0.2, -0.15) is 4.98 Å². The van der Waals surface area contributed by atoms with Crippen LogP contribution in [0.25, 0.3) is 0 Å². The van der Waals surface area contributed by atoms with E-state index in [2.05, 4.69) is 20.1 Å². The smallest absolute Gasteiger partial charge is 0.273 e. The minimum Gasteiger partial charge on any atom is -0.339 e. The van der Waals surface area contributed by atoms with Crippen molar-refractivity contribution in [2.75, 3.05) is 6.54 Å². The Bertz CT molecular complexity index is 725. The lowest BCUT2D eigenvalue weighted by molar-refractivity contribution is 0.0721. The van der Waals surface area contributed by atoms with Crippen molar-refractivity contribution in [3.63, 3.8) is 0 Å². The van der Waals surface area contributed by atoms with E-state index in [0.717, 1.165) is 31.5 Å². The highest BCUT2D eigenvalue weighted by Gasteiger charge is 2.35. The van der Waals surface area contributed by atoms with E-state index in [1.807, 2.05) is 11.8 Å². The summed E-state index contributed by atoms with van der Waals surface area (Å²) in [4.78, 5) is 27.8. The van der Waals surface area contributed by atoms with Crippen LogP contribution in [0.4, 0.5) is 0 Å². The van der Waals surface area contributed by atoms with Crippen LogP contribution in [0, 0.1) is 0 Å². The maximum atomic E-state index is 12.9. The summed E-state index contributed by atoms with van der Waals surface area (Å²) in [6, 6.07) is 1.57. The summed E-state index contributed by atoms with van der Waals surface area (Å²) in [6.07, 6.45) is 6.41. The van der Waals surface area contributed by atoms with Crippen molar-refractivity contribution in [3.05, 3.63) is 35.5 Å². The Morgan fingerprint density at radius 3 is 2.91 bits per heavy atom.